The fourth-order valence-corrected chi connectivity index (χ4v) is 2.15. The highest BCUT2D eigenvalue weighted by molar-refractivity contribution is 5.51. The summed E-state index contributed by atoms with van der Waals surface area (Å²) in [6, 6.07) is 3.70. The number of anilines is 1. The predicted molar refractivity (Wildman–Crippen MR) is 67.2 cm³/mol. The van der Waals surface area contributed by atoms with Crippen molar-refractivity contribution in [1.29, 1.82) is 0 Å². The molecular weight excluding hydrogens is 237 g/mol. The van der Waals surface area contributed by atoms with Gasteiger partial charge in [0.15, 0.2) is 5.82 Å². The van der Waals surface area contributed by atoms with Crippen molar-refractivity contribution in [2.45, 2.75) is 25.3 Å². The molecule has 1 fully saturated rings. The van der Waals surface area contributed by atoms with E-state index in [4.69, 9.17) is 0 Å². The van der Waals surface area contributed by atoms with Gasteiger partial charge in [0, 0.05) is 11.6 Å². The van der Waals surface area contributed by atoms with Gasteiger partial charge < -0.3 is 10.6 Å². The first kappa shape index (κ1) is 12.8. The van der Waals surface area contributed by atoms with Crippen LogP contribution in [-0.2, 0) is 0 Å². The molecule has 0 amide bonds. The van der Waals surface area contributed by atoms with Gasteiger partial charge in [0.2, 0.25) is 0 Å². The van der Waals surface area contributed by atoms with Crippen LogP contribution in [-0.4, -0.2) is 23.6 Å². The van der Waals surface area contributed by atoms with Crippen molar-refractivity contribution in [3.8, 4) is 0 Å². The molecule has 0 saturated carbocycles. The maximum absolute atomic E-state index is 13.8. The Morgan fingerprint density at radius 2 is 2.11 bits per heavy atom. The fourth-order valence-electron chi connectivity index (χ4n) is 2.15. The lowest BCUT2D eigenvalue weighted by molar-refractivity contribution is -0.385. The van der Waals surface area contributed by atoms with E-state index in [-0.39, 0.29) is 11.2 Å². The number of piperidine rings is 1. The molecule has 0 unspecified atom stereocenters. The van der Waals surface area contributed by atoms with Gasteiger partial charge in [0.25, 0.3) is 5.69 Å². The summed E-state index contributed by atoms with van der Waals surface area (Å²) in [5.74, 6) is -0.580. The van der Waals surface area contributed by atoms with Crippen LogP contribution in [0.1, 0.15) is 19.8 Å². The molecular formula is C12H16FN3O2. The Hall–Kier alpha value is -1.69. The minimum atomic E-state index is -0.598. The van der Waals surface area contributed by atoms with Gasteiger partial charge in [0.05, 0.1) is 16.7 Å². The highest BCUT2D eigenvalue weighted by Crippen LogP contribution is 2.27. The number of hydrogen-bond acceptors (Lipinski definition) is 4. The van der Waals surface area contributed by atoms with E-state index in [1.165, 1.54) is 12.1 Å². The molecule has 1 aromatic carbocycles. The largest absolute Gasteiger partial charge is 0.377 e. The van der Waals surface area contributed by atoms with E-state index in [1.807, 2.05) is 6.92 Å². The van der Waals surface area contributed by atoms with Crippen molar-refractivity contribution >= 4 is 11.4 Å². The van der Waals surface area contributed by atoms with Crippen LogP contribution >= 0.6 is 0 Å². The van der Waals surface area contributed by atoms with Crippen molar-refractivity contribution in [2.24, 2.45) is 0 Å². The molecule has 2 rings (SSSR count). The summed E-state index contributed by atoms with van der Waals surface area (Å²) in [7, 11) is 0. The number of benzene rings is 1. The first-order valence-corrected chi connectivity index (χ1v) is 5.93. The lowest BCUT2D eigenvalue weighted by Gasteiger charge is -2.36. The molecule has 6 heteroatoms. The Morgan fingerprint density at radius 1 is 1.44 bits per heavy atom. The van der Waals surface area contributed by atoms with Crippen molar-refractivity contribution in [3.05, 3.63) is 34.1 Å². The molecule has 18 heavy (non-hydrogen) atoms. The number of nitrogens with one attached hydrogen (secondary N) is 2. The van der Waals surface area contributed by atoms with Gasteiger partial charge >= 0.3 is 0 Å². The highest BCUT2D eigenvalue weighted by Gasteiger charge is 2.27. The lowest BCUT2D eigenvalue weighted by atomic mass is 9.90. The topological polar surface area (TPSA) is 67.2 Å². The standard InChI is InChI=1S/C12H16FN3O2/c1-12(4-6-14-7-5-12)15-11-3-2-9(16(17)18)8-10(11)13/h2-3,8,14-15H,4-7H2,1H3. The zero-order chi connectivity index (χ0) is 13.2. The van der Waals surface area contributed by atoms with Crippen LogP contribution in [0.25, 0.3) is 0 Å². The molecule has 0 radical (unpaired) electrons. The van der Waals surface area contributed by atoms with Crippen LogP contribution < -0.4 is 10.6 Å². The molecule has 0 bridgehead atoms. The van der Waals surface area contributed by atoms with Gasteiger partial charge in [-0.2, -0.15) is 0 Å². The van der Waals surface area contributed by atoms with Gasteiger partial charge in [0.1, 0.15) is 0 Å². The summed E-state index contributed by atoms with van der Waals surface area (Å²) in [6.45, 7) is 3.81. The number of hydrogen-bond donors (Lipinski definition) is 2. The molecule has 0 atom stereocenters. The van der Waals surface area contributed by atoms with Gasteiger partial charge in [-0.25, -0.2) is 4.39 Å². The molecule has 1 aromatic rings. The number of nitro benzene ring substituents is 1. The molecule has 1 saturated heterocycles. The fraction of sp³-hybridized carbons (Fsp3) is 0.500. The molecule has 1 heterocycles. The summed E-state index contributed by atoms with van der Waals surface area (Å²) in [5, 5.41) is 16.9. The summed E-state index contributed by atoms with van der Waals surface area (Å²) in [5.41, 5.74) is -0.0686. The normalized spacial score (nSPS) is 18.3. The zero-order valence-electron chi connectivity index (χ0n) is 10.2. The molecule has 0 aliphatic carbocycles. The number of nitro groups is 1. The smallest absolute Gasteiger partial charge is 0.272 e. The molecule has 98 valence electrons. The first-order valence-electron chi connectivity index (χ1n) is 5.93. The minimum Gasteiger partial charge on any atom is -0.377 e. The average Bonchev–Trinajstić information content (AvgIpc) is 2.32. The van der Waals surface area contributed by atoms with Crippen molar-refractivity contribution < 1.29 is 9.31 Å². The molecule has 1 aliphatic heterocycles. The van der Waals surface area contributed by atoms with Crippen LogP contribution in [0.3, 0.4) is 0 Å². The molecule has 2 N–H and O–H groups in total. The van der Waals surface area contributed by atoms with E-state index >= 15 is 0 Å². The Balaban J connectivity index is 2.16. The monoisotopic (exact) mass is 253 g/mol. The quantitative estimate of drug-likeness (QED) is 0.640. The Morgan fingerprint density at radius 3 is 2.67 bits per heavy atom. The number of non-ortho nitro benzene ring substituents is 1. The highest BCUT2D eigenvalue weighted by atomic mass is 19.1. The summed E-state index contributed by atoms with van der Waals surface area (Å²) >= 11 is 0. The number of rotatable bonds is 3. The minimum absolute atomic E-state index is 0.164. The first-order chi connectivity index (χ1) is 8.50. The SMILES string of the molecule is CC1(Nc2ccc([N+](=O)[O-])cc2F)CCNCC1. The van der Waals surface area contributed by atoms with E-state index in [9.17, 15) is 14.5 Å². The molecule has 1 aliphatic rings. The van der Waals surface area contributed by atoms with Gasteiger partial charge in [-0.15, -0.1) is 0 Å². The van der Waals surface area contributed by atoms with Crippen LogP contribution in [0.2, 0.25) is 0 Å². The number of nitrogens with zero attached hydrogens (tertiary/aromatic N) is 1. The average molecular weight is 253 g/mol. The third-order valence-corrected chi connectivity index (χ3v) is 3.31. The summed E-state index contributed by atoms with van der Waals surface area (Å²) < 4.78 is 13.8. The third kappa shape index (κ3) is 2.76. The van der Waals surface area contributed by atoms with Crippen LogP contribution in [0.5, 0.6) is 0 Å². The van der Waals surface area contributed by atoms with E-state index in [2.05, 4.69) is 10.6 Å². The second-order valence-electron chi connectivity index (χ2n) is 4.86. The van der Waals surface area contributed by atoms with E-state index in [0.29, 0.717) is 5.69 Å². The number of halogens is 1. The van der Waals surface area contributed by atoms with E-state index in [0.717, 1.165) is 32.0 Å². The molecule has 0 aromatic heterocycles. The van der Waals surface area contributed by atoms with Crippen molar-refractivity contribution in [3.63, 3.8) is 0 Å². The maximum atomic E-state index is 13.8. The summed E-state index contributed by atoms with van der Waals surface area (Å²) in [6.07, 6.45) is 1.78. The zero-order valence-corrected chi connectivity index (χ0v) is 10.2. The third-order valence-electron chi connectivity index (χ3n) is 3.31. The molecule has 0 spiro atoms. The van der Waals surface area contributed by atoms with Crippen LogP contribution in [0.4, 0.5) is 15.8 Å². The summed E-state index contributed by atoms with van der Waals surface area (Å²) in [4.78, 5) is 9.93. The van der Waals surface area contributed by atoms with E-state index in [1.54, 1.807) is 0 Å². The van der Waals surface area contributed by atoms with Crippen LogP contribution in [0, 0.1) is 15.9 Å². The van der Waals surface area contributed by atoms with E-state index < -0.39 is 10.7 Å². The Labute approximate surface area is 105 Å². The second kappa shape index (κ2) is 4.89. The van der Waals surface area contributed by atoms with Crippen molar-refractivity contribution in [1.82, 2.24) is 5.32 Å². The van der Waals surface area contributed by atoms with Gasteiger partial charge in [-0.1, -0.05) is 0 Å². The van der Waals surface area contributed by atoms with Gasteiger partial charge in [-0.05, 0) is 38.9 Å². The van der Waals surface area contributed by atoms with Crippen LogP contribution in [0.15, 0.2) is 18.2 Å². The Bertz CT molecular complexity index is 459. The second-order valence-corrected chi connectivity index (χ2v) is 4.86. The van der Waals surface area contributed by atoms with Gasteiger partial charge in [-0.3, -0.25) is 10.1 Å². The predicted octanol–water partition coefficient (Wildman–Crippen LogP) is 2.29. The Kier molecular flexibility index (Phi) is 3.47. The lowest BCUT2D eigenvalue weighted by Crippen LogP contribution is -2.45. The maximum Gasteiger partial charge on any atom is 0.272 e. The molecule has 5 nitrogen and oxygen atoms in total. The van der Waals surface area contributed by atoms with Crippen molar-refractivity contribution in [2.75, 3.05) is 18.4 Å².